The van der Waals surface area contributed by atoms with E-state index < -0.39 is 5.97 Å². The predicted octanol–water partition coefficient (Wildman–Crippen LogP) is 5.04. The maximum Gasteiger partial charge on any atom is 0.317 e. The molecule has 0 saturated carbocycles. The lowest BCUT2D eigenvalue weighted by molar-refractivity contribution is -0.138. The summed E-state index contributed by atoms with van der Waals surface area (Å²) in [5.74, 6) is -0.773. The summed E-state index contributed by atoms with van der Waals surface area (Å²) in [6, 6.07) is 21.5. The van der Waals surface area contributed by atoms with E-state index in [1.807, 2.05) is 4.90 Å². The van der Waals surface area contributed by atoms with Crippen molar-refractivity contribution >= 4 is 5.97 Å². The molecule has 0 aliphatic carbocycles. The number of nitrogens with zero attached hydrogens (tertiary/aromatic N) is 1. The Morgan fingerprint density at radius 3 is 2.37 bits per heavy atom. The largest absolute Gasteiger partial charge is 0.480 e. The maximum atomic E-state index is 11.0. The molecule has 1 N–H and O–H groups in total. The number of hydrogen-bond donors (Lipinski definition) is 1. The zero-order valence-electron chi connectivity index (χ0n) is 15.7. The van der Waals surface area contributed by atoms with Gasteiger partial charge in [-0.25, -0.2) is 0 Å². The molecule has 0 bridgehead atoms. The second-order valence-electron chi connectivity index (χ2n) is 7.32. The fourth-order valence-corrected chi connectivity index (χ4v) is 4.05. The van der Waals surface area contributed by atoms with Crippen LogP contribution in [0.1, 0.15) is 22.3 Å². The molecule has 0 aromatic heterocycles. The van der Waals surface area contributed by atoms with Crippen LogP contribution < -0.4 is 0 Å². The van der Waals surface area contributed by atoms with Crippen molar-refractivity contribution < 1.29 is 9.90 Å². The number of carboxylic acids is 1. The van der Waals surface area contributed by atoms with E-state index in [0.29, 0.717) is 13.1 Å². The van der Waals surface area contributed by atoms with Crippen molar-refractivity contribution in [1.29, 1.82) is 0 Å². The Morgan fingerprint density at radius 2 is 1.59 bits per heavy atom. The molecule has 0 atom stereocenters. The van der Waals surface area contributed by atoms with Crippen LogP contribution >= 0.6 is 0 Å². The Bertz CT molecular complexity index is 1020. The quantitative estimate of drug-likeness (QED) is 0.711. The topological polar surface area (TPSA) is 40.5 Å². The molecule has 27 heavy (non-hydrogen) atoms. The van der Waals surface area contributed by atoms with Crippen molar-refractivity contribution in [1.82, 2.24) is 4.90 Å². The van der Waals surface area contributed by atoms with Gasteiger partial charge in [-0.05, 0) is 64.4 Å². The Balaban J connectivity index is 1.71. The van der Waals surface area contributed by atoms with Crippen molar-refractivity contribution in [2.24, 2.45) is 0 Å². The van der Waals surface area contributed by atoms with Crippen LogP contribution in [0.5, 0.6) is 0 Å². The fourth-order valence-electron chi connectivity index (χ4n) is 4.05. The van der Waals surface area contributed by atoms with E-state index in [-0.39, 0.29) is 6.54 Å². The molecule has 1 aliphatic heterocycles. The highest BCUT2D eigenvalue weighted by atomic mass is 16.4. The first-order valence-electron chi connectivity index (χ1n) is 9.25. The van der Waals surface area contributed by atoms with Crippen LogP contribution in [0.2, 0.25) is 0 Å². The molecule has 0 spiro atoms. The van der Waals surface area contributed by atoms with Gasteiger partial charge < -0.3 is 5.11 Å². The van der Waals surface area contributed by atoms with Crippen LogP contribution in [-0.4, -0.2) is 22.5 Å². The summed E-state index contributed by atoms with van der Waals surface area (Å²) in [7, 11) is 0. The number of benzene rings is 3. The molecule has 1 heterocycles. The van der Waals surface area contributed by atoms with E-state index >= 15 is 0 Å². The maximum absolute atomic E-state index is 11.0. The van der Waals surface area contributed by atoms with Crippen LogP contribution in [0.4, 0.5) is 0 Å². The molecular formula is C24H23NO2. The Morgan fingerprint density at radius 1 is 0.889 bits per heavy atom. The fraction of sp³-hybridized carbons (Fsp3) is 0.208. The van der Waals surface area contributed by atoms with Gasteiger partial charge >= 0.3 is 5.97 Å². The molecule has 0 saturated heterocycles. The van der Waals surface area contributed by atoms with Crippen molar-refractivity contribution in [3.05, 3.63) is 82.9 Å². The Hall–Kier alpha value is -2.91. The van der Waals surface area contributed by atoms with E-state index in [1.54, 1.807) is 0 Å². The van der Waals surface area contributed by atoms with Crippen molar-refractivity contribution in [2.75, 3.05) is 6.54 Å². The first-order valence-corrected chi connectivity index (χ1v) is 9.25. The number of hydrogen-bond acceptors (Lipinski definition) is 2. The summed E-state index contributed by atoms with van der Waals surface area (Å²) in [5.41, 5.74) is 9.96. The molecule has 3 aromatic carbocycles. The highest BCUT2D eigenvalue weighted by molar-refractivity contribution is 5.80. The molecule has 4 rings (SSSR count). The monoisotopic (exact) mass is 357 g/mol. The van der Waals surface area contributed by atoms with Crippen LogP contribution in [0.15, 0.2) is 60.7 Å². The van der Waals surface area contributed by atoms with Crippen molar-refractivity contribution in [3.8, 4) is 22.3 Å². The van der Waals surface area contributed by atoms with Gasteiger partial charge in [0.1, 0.15) is 0 Å². The lowest BCUT2D eigenvalue weighted by Crippen LogP contribution is -2.24. The average molecular weight is 357 g/mol. The molecule has 1 aliphatic rings. The Kier molecular flexibility index (Phi) is 4.54. The summed E-state index contributed by atoms with van der Waals surface area (Å²) >= 11 is 0. The number of carboxylic acid groups (broad SMARTS) is 1. The van der Waals surface area contributed by atoms with E-state index in [1.165, 1.54) is 44.5 Å². The van der Waals surface area contributed by atoms with Gasteiger partial charge in [0.05, 0.1) is 6.54 Å². The molecule has 0 unspecified atom stereocenters. The molecule has 3 aromatic rings. The smallest absolute Gasteiger partial charge is 0.317 e. The van der Waals surface area contributed by atoms with E-state index in [0.717, 1.165) is 0 Å². The minimum atomic E-state index is -0.773. The van der Waals surface area contributed by atoms with Crippen LogP contribution in [-0.2, 0) is 17.9 Å². The third-order valence-corrected chi connectivity index (χ3v) is 5.43. The van der Waals surface area contributed by atoms with Crippen molar-refractivity contribution in [3.63, 3.8) is 0 Å². The van der Waals surface area contributed by atoms with Crippen LogP contribution in [0.25, 0.3) is 22.3 Å². The highest BCUT2D eigenvalue weighted by Crippen LogP contribution is 2.35. The van der Waals surface area contributed by atoms with E-state index in [9.17, 15) is 4.79 Å². The third kappa shape index (κ3) is 3.38. The van der Waals surface area contributed by atoms with Gasteiger partial charge in [-0.3, -0.25) is 9.69 Å². The van der Waals surface area contributed by atoms with Crippen LogP contribution in [0.3, 0.4) is 0 Å². The summed E-state index contributed by atoms with van der Waals surface area (Å²) in [6.07, 6.45) is 0. The van der Waals surface area contributed by atoms with Gasteiger partial charge in [-0.15, -0.1) is 0 Å². The second kappa shape index (κ2) is 7.01. The number of fused-ring (bicyclic) bond motifs is 1. The number of carbonyl (C=O) groups is 1. The molecule has 136 valence electrons. The number of aryl methyl sites for hydroxylation is 1. The summed E-state index contributed by atoms with van der Waals surface area (Å²) in [4.78, 5) is 13.0. The number of rotatable bonds is 4. The van der Waals surface area contributed by atoms with Crippen molar-refractivity contribution in [2.45, 2.75) is 26.9 Å². The van der Waals surface area contributed by atoms with Crippen LogP contribution in [0, 0.1) is 13.8 Å². The normalized spacial score (nSPS) is 13.6. The number of aliphatic carboxylic acids is 1. The minimum Gasteiger partial charge on any atom is -0.480 e. The highest BCUT2D eigenvalue weighted by Gasteiger charge is 2.21. The van der Waals surface area contributed by atoms with Gasteiger partial charge in [0.15, 0.2) is 0 Å². The zero-order valence-corrected chi connectivity index (χ0v) is 15.7. The first kappa shape index (κ1) is 17.5. The van der Waals surface area contributed by atoms with Gasteiger partial charge in [-0.2, -0.15) is 0 Å². The molecule has 3 heteroatoms. The van der Waals surface area contributed by atoms with Gasteiger partial charge in [-0.1, -0.05) is 54.6 Å². The van der Waals surface area contributed by atoms with Gasteiger partial charge in [0, 0.05) is 13.1 Å². The summed E-state index contributed by atoms with van der Waals surface area (Å²) in [5, 5.41) is 9.04. The molecule has 0 radical (unpaired) electrons. The zero-order chi connectivity index (χ0) is 19.0. The minimum absolute atomic E-state index is 0.0891. The predicted molar refractivity (Wildman–Crippen MR) is 109 cm³/mol. The summed E-state index contributed by atoms with van der Waals surface area (Å²) in [6.45, 7) is 5.83. The van der Waals surface area contributed by atoms with Gasteiger partial charge in [0.25, 0.3) is 0 Å². The molecule has 0 amide bonds. The van der Waals surface area contributed by atoms with Gasteiger partial charge in [0.2, 0.25) is 0 Å². The second-order valence-corrected chi connectivity index (χ2v) is 7.32. The lowest BCUT2D eigenvalue weighted by Gasteiger charge is -2.14. The lowest BCUT2D eigenvalue weighted by atomic mass is 9.90. The molecule has 3 nitrogen and oxygen atoms in total. The van der Waals surface area contributed by atoms with E-state index in [4.69, 9.17) is 5.11 Å². The third-order valence-electron chi connectivity index (χ3n) is 5.43. The Labute approximate surface area is 159 Å². The molecule has 0 fully saturated rings. The average Bonchev–Trinajstić information content (AvgIpc) is 3.03. The first-order chi connectivity index (χ1) is 13.0. The SMILES string of the molecule is Cc1ccccc1-c1cccc(-c2ccc3c(c2)CN(CC(=O)O)C3)c1C. The summed E-state index contributed by atoms with van der Waals surface area (Å²) < 4.78 is 0. The van der Waals surface area contributed by atoms with E-state index in [2.05, 4.69) is 74.5 Å². The molecular weight excluding hydrogens is 334 g/mol. The standard InChI is InChI=1S/C24H23NO2/c1-16-6-3-4-7-21(16)23-9-5-8-22(17(23)2)18-10-11-19-13-25(15-24(26)27)14-20(19)12-18/h3-12H,13-15H2,1-2H3,(H,26,27).